The first-order chi connectivity index (χ1) is 13.9. The number of amides is 1. The van der Waals surface area contributed by atoms with E-state index in [1.807, 2.05) is 0 Å². The lowest BCUT2D eigenvalue weighted by molar-refractivity contribution is -0.274. The molecule has 1 saturated heterocycles. The highest BCUT2D eigenvalue weighted by atomic mass is 19.4. The number of alkyl halides is 3. The third-order valence-electron chi connectivity index (χ3n) is 4.44. The van der Waals surface area contributed by atoms with Crippen LogP contribution in [0.4, 0.5) is 13.2 Å². The van der Waals surface area contributed by atoms with Gasteiger partial charge in [-0.2, -0.15) is 0 Å². The van der Waals surface area contributed by atoms with Crippen LogP contribution in [0.2, 0.25) is 0 Å². The van der Waals surface area contributed by atoms with Gasteiger partial charge in [-0.25, -0.2) is 4.98 Å². The molecule has 1 aromatic carbocycles. The largest absolute Gasteiger partial charge is 0.573 e. The second kappa shape index (κ2) is 9.60. The van der Waals surface area contributed by atoms with Gasteiger partial charge in [-0.3, -0.25) is 4.79 Å². The van der Waals surface area contributed by atoms with Crippen LogP contribution in [0.25, 0.3) is 0 Å². The topological polar surface area (TPSA) is 69.7 Å². The van der Waals surface area contributed by atoms with E-state index in [1.54, 1.807) is 6.07 Å². The van der Waals surface area contributed by atoms with Gasteiger partial charge in [-0.1, -0.05) is 18.2 Å². The van der Waals surface area contributed by atoms with Crippen LogP contribution >= 0.6 is 0 Å². The lowest BCUT2D eigenvalue weighted by atomic mass is 10.0. The maximum Gasteiger partial charge on any atom is 0.573 e. The molecule has 3 rings (SSSR count). The van der Waals surface area contributed by atoms with Crippen molar-refractivity contribution in [3.8, 4) is 11.6 Å². The lowest BCUT2D eigenvalue weighted by Crippen LogP contribution is -2.25. The Kier molecular flexibility index (Phi) is 6.92. The van der Waals surface area contributed by atoms with Gasteiger partial charge in [0.2, 0.25) is 5.88 Å². The van der Waals surface area contributed by atoms with Crippen LogP contribution in [0, 0.1) is 5.92 Å². The summed E-state index contributed by atoms with van der Waals surface area (Å²) in [5, 5.41) is 2.59. The van der Waals surface area contributed by atoms with Gasteiger partial charge < -0.3 is 19.5 Å². The van der Waals surface area contributed by atoms with Gasteiger partial charge in [0.25, 0.3) is 5.91 Å². The smallest absolute Gasteiger partial charge is 0.477 e. The molecule has 2 aromatic rings. The third-order valence-corrected chi connectivity index (χ3v) is 4.44. The molecule has 6 nitrogen and oxygen atoms in total. The lowest BCUT2D eigenvalue weighted by Gasteiger charge is -2.21. The molecular weight excluding hydrogens is 389 g/mol. The van der Waals surface area contributed by atoms with Gasteiger partial charge in [-0.05, 0) is 30.9 Å². The molecule has 0 spiro atoms. The third kappa shape index (κ3) is 6.63. The molecule has 0 bridgehead atoms. The summed E-state index contributed by atoms with van der Waals surface area (Å²) >= 11 is 0. The highest BCUT2D eigenvalue weighted by molar-refractivity contribution is 5.94. The number of hydrogen-bond donors (Lipinski definition) is 1. The van der Waals surface area contributed by atoms with Crippen molar-refractivity contribution >= 4 is 5.91 Å². The van der Waals surface area contributed by atoms with Crippen LogP contribution in [0.3, 0.4) is 0 Å². The minimum atomic E-state index is -4.80. The van der Waals surface area contributed by atoms with Gasteiger partial charge in [0.15, 0.2) is 0 Å². The van der Waals surface area contributed by atoms with Gasteiger partial charge in [0, 0.05) is 43.1 Å². The van der Waals surface area contributed by atoms with Crippen LogP contribution < -0.4 is 14.8 Å². The second-order valence-corrected chi connectivity index (χ2v) is 6.59. The fraction of sp³-hybridized carbons (Fsp3) is 0.400. The molecule has 1 aromatic heterocycles. The molecule has 1 aliphatic heterocycles. The average molecular weight is 410 g/mol. The number of hydrogen-bond acceptors (Lipinski definition) is 5. The molecule has 2 heterocycles. The Balaban J connectivity index is 1.57. The van der Waals surface area contributed by atoms with Gasteiger partial charge in [0.1, 0.15) is 5.75 Å². The molecule has 1 N–H and O–H groups in total. The predicted molar refractivity (Wildman–Crippen MR) is 97.6 cm³/mol. The molecule has 156 valence electrons. The normalized spacial score (nSPS) is 15.0. The number of halogens is 3. The van der Waals surface area contributed by atoms with E-state index in [9.17, 15) is 18.0 Å². The number of pyridine rings is 1. The quantitative estimate of drug-likeness (QED) is 0.754. The number of para-hydroxylation sites is 1. The molecular formula is C20H21F3N2O4. The molecule has 1 fully saturated rings. The summed E-state index contributed by atoms with van der Waals surface area (Å²) in [7, 11) is 0. The molecule has 0 unspecified atom stereocenters. The van der Waals surface area contributed by atoms with Crippen molar-refractivity contribution in [2.45, 2.75) is 25.7 Å². The van der Waals surface area contributed by atoms with Crippen LogP contribution in [-0.4, -0.2) is 37.1 Å². The molecule has 9 heteroatoms. The number of aromatic nitrogens is 1. The fourth-order valence-electron chi connectivity index (χ4n) is 2.90. The van der Waals surface area contributed by atoms with Gasteiger partial charge >= 0.3 is 6.36 Å². The summed E-state index contributed by atoms with van der Waals surface area (Å²) in [6.07, 6.45) is -1.52. The Hall–Kier alpha value is -2.81. The van der Waals surface area contributed by atoms with E-state index < -0.39 is 12.3 Å². The first-order valence-electron chi connectivity index (χ1n) is 9.19. The van der Waals surface area contributed by atoms with Crippen LogP contribution in [0.15, 0.2) is 42.6 Å². The molecule has 29 heavy (non-hydrogen) atoms. The second-order valence-electron chi connectivity index (χ2n) is 6.59. The van der Waals surface area contributed by atoms with Crippen LogP contribution in [0.1, 0.15) is 28.8 Å². The predicted octanol–water partition coefficient (Wildman–Crippen LogP) is 3.72. The monoisotopic (exact) mass is 410 g/mol. The van der Waals surface area contributed by atoms with Crippen molar-refractivity contribution in [2.24, 2.45) is 5.92 Å². The van der Waals surface area contributed by atoms with Crippen molar-refractivity contribution in [1.82, 2.24) is 10.3 Å². The van der Waals surface area contributed by atoms with Gasteiger partial charge in [0.05, 0.1) is 6.61 Å². The van der Waals surface area contributed by atoms with Crippen LogP contribution in [-0.2, 0) is 11.3 Å². The standard InChI is InChI=1S/C20H21F3N2O4/c21-20(22,23)29-17-4-2-1-3-16(17)12-25-19(26)15-5-8-24-18(11-15)28-13-14-6-9-27-10-7-14/h1-5,8,11,14H,6-7,9-10,12-13H2,(H,25,26). The molecule has 0 radical (unpaired) electrons. The Morgan fingerprint density at radius 1 is 1.21 bits per heavy atom. The maximum absolute atomic E-state index is 12.5. The van der Waals surface area contributed by atoms with Crippen molar-refractivity contribution in [2.75, 3.05) is 19.8 Å². The zero-order chi connectivity index (χ0) is 20.7. The fourth-order valence-corrected chi connectivity index (χ4v) is 2.90. The van der Waals surface area contributed by atoms with Crippen molar-refractivity contribution in [3.63, 3.8) is 0 Å². The van der Waals surface area contributed by atoms with E-state index in [2.05, 4.69) is 15.0 Å². The van der Waals surface area contributed by atoms with Crippen molar-refractivity contribution < 1.29 is 32.2 Å². The average Bonchev–Trinajstić information content (AvgIpc) is 2.71. The number of nitrogens with one attached hydrogen (secondary N) is 1. The number of carbonyl (C=O) groups is 1. The van der Waals surface area contributed by atoms with E-state index in [0.29, 0.717) is 37.2 Å². The summed E-state index contributed by atoms with van der Waals surface area (Å²) in [4.78, 5) is 16.5. The zero-order valence-electron chi connectivity index (χ0n) is 15.6. The summed E-state index contributed by atoms with van der Waals surface area (Å²) in [6.45, 7) is 1.79. The zero-order valence-corrected chi connectivity index (χ0v) is 15.6. The number of ether oxygens (including phenoxy) is 3. The Morgan fingerprint density at radius 3 is 2.72 bits per heavy atom. The van der Waals surface area contributed by atoms with E-state index in [4.69, 9.17) is 9.47 Å². The first kappa shape index (κ1) is 20.9. The molecule has 1 aliphatic rings. The van der Waals surface area contributed by atoms with E-state index in [0.717, 1.165) is 12.8 Å². The number of benzene rings is 1. The maximum atomic E-state index is 12.5. The van der Waals surface area contributed by atoms with Crippen molar-refractivity contribution in [1.29, 1.82) is 0 Å². The highest BCUT2D eigenvalue weighted by Gasteiger charge is 2.32. The summed E-state index contributed by atoms with van der Waals surface area (Å²) < 4.78 is 52.5. The minimum Gasteiger partial charge on any atom is -0.477 e. The molecule has 0 saturated carbocycles. The summed E-state index contributed by atoms with van der Waals surface area (Å²) in [5.41, 5.74) is 0.513. The number of carbonyl (C=O) groups excluding carboxylic acids is 1. The molecule has 1 amide bonds. The Bertz CT molecular complexity index is 823. The Labute approximate surface area is 166 Å². The summed E-state index contributed by atoms with van der Waals surface area (Å²) in [5.74, 6) is -0.0984. The van der Waals surface area contributed by atoms with E-state index in [-0.39, 0.29) is 17.9 Å². The van der Waals surface area contributed by atoms with Crippen molar-refractivity contribution in [3.05, 3.63) is 53.7 Å². The van der Waals surface area contributed by atoms with E-state index in [1.165, 1.54) is 36.5 Å². The Morgan fingerprint density at radius 2 is 1.97 bits per heavy atom. The molecule has 0 atom stereocenters. The minimum absolute atomic E-state index is 0.119. The molecule has 0 aliphatic carbocycles. The SMILES string of the molecule is O=C(NCc1ccccc1OC(F)(F)F)c1ccnc(OCC2CCOCC2)c1. The summed E-state index contributed by atoms with van der Waals surface area (Å²) in [6, 6.07) is 8.66. The van der Waals surface area contributed by atoms with Gasteiger partial charge in [-0.15, -0.1) is 13.2 Å². The van der Waals surface area contributed by atoms with E-state index >= 15 is 0 Å². The van der Waals surface area contributed by atoms with Crippen LogP contribution in [0.5, 0.6) is 11.6 Å². The number of rotatable bonds is 7. The first-order valence-corrected chi connectivity index (χ1v) is 9.19. The number of nitrogens with zero attached hydrogens (tertiary/aromatic N) is 1. The highest BCUT2D eigenvalue weighted by Crippen LogP contribution is 2.26.